The molecule has 13 heavy (non-hydrogen) atoms. The Balaban J connectivity index is 2.71. The van der Waals surface area contributed by atoms with E-state index in [1.54, 1.807) is 0 Å². The molecule has 0 heterocycles. The van der Waals surface area contributed by atoms with Crippen molar-refractivity contribution in [3.8, 4) is 0 Å². The van der Waals surface area contributed by atoms with Crippen LogP contribution in [0.5, 0.6) is 0 Å². The van der Waals surface area contributed by atoms with Crippen molar-refractivity contribution in [2.24, 2.45) is 0 Å². The second-order valence-corrected chi connectivity index (χ2v) is 4.83. The Bertz CT molecular complexity index is 193. The van der Waals surface area contributed by atoms with Crippen molar-refractivity contribution >= 4 is 5.78 Å². The van der Waals surface area contributed by atoms with Crippen LogP contribution in [0.15, 0.2) is 0 Å². The summed E-state index contributed by atoms with van der Waals surface area (Å²) >= 11 is 0. The highest BCUT2D eigenvalue weighted by atomic mass is 16.1. The van der Waals surface area contributed by atoms with Crippen molar-refractivity contribution in [2.75, 3.05) is 6.54 Å². The molecule has 1 aliphatic rings. The van der Waals surface area contributed by atoms with Gasteiger partial charge in [-0.05, 0) is 40.2 Å². The molecule has 0 aromatic rings. The third-order valence-electron chi connectivity index (χ3n) is 2.85. The molecule has 76 valence electrons. The van der Waals surface area contributed by atoms with Crippen LogP contribution in [-0.4, -0.2) is 28.8 Å². The predicted octanol–water partition coefficient (Wildman–Crippen LogP) is 2.23. The summed E-state index contributed by atoms with van der Waals surface area (Å²) in [5.41, 5.74) is 0.124. The smallest absolute Gasteiger partial charge is 0.149 e. The maximum Gasteiger partial charge on any atom is 0.149 e. The van der Waals surface area contributed by atoms with Gasteiger partial charge in [0, 0.05) is 12.0 Å². The Morgan fingerprint density at radius 1 is 1.46 bits per heavy atom. The number of nitrogens with zero attached hydrogens (tertiary/aromatic N) is 1. The van der Waals surface area contributed by atoms with E-state index in [0.29, 0.717) is 5.78 Å². The van der Waals surface area contributed by atoms with Crippen molar-refractivity contribution in [3.63, 3.8) is 0 Å². The lowest BCUT2D eigenvalue weighted by Crippen LogP contribution is -2.49. The van der Waals surface area contributed by atoms with E-state index in [1.807, 2.05) is 0 Å². The van der Waals surface area contributed by atoms with Crippen LogP contribution in [0, 0.1) is 0 Å². The SMILES string of the molecule is CCN(C1CCCC1=O)C(C)(C)C. The lowest BCUT2D eigenvalue weighted by atomic mass is 10.0. The molecule has 0 aromatic carbocycles. The molecule has 2 nitrogen and oxygen atoms in total. The highest BCUT2D eigenvalue weighted by Gasteiger charge is 2.34. The normalized spacial score (nSPS) is 24.4. The van der Waals surface area contributed by atoms with Gasteiger partial charge in [0.25, 0.3) is 0 Å². The number of carbonyl (C=O) groups is 1. The molecule has 0 aliphatic heterocycles. The number of likely N-dealkylation sites (N-methyl/N-ethyl adjacent to an activating group) is 1. The molecule has 0 amide bonds. The quantitative estimate of drug-likeness (QED) is 0.654. The second-order valence-electron chi connectivity index (χ2n) is 4.83. The minimum Gasteiger partial charge on any atom is -0.298 e. The van der Waals surface area contributed by atoms with Crippen LogP contribution in [0.1, 0.15) is 47.0 Å². The monoisotopic (exact) mass is 183 g/mol. The second kappa shape index (κ2) is 3.79. The van der Waals surface area contributed by atoms with E-state index in [-0.39, 0.29) is 11.6 Å². The number of hydrogen-bond acceptors (Lipinski definition) is 2. The first-order chi connectivity index (χ1) is 5.96. The first-order valence-corrected chi connectivity index (χ1v) is 5.26. The van der Waals surface area contributed by atoms with Crippen LogP contribution in [-0.2, 0) is 4.79 Å². The predicted molar refractivity (Wildman–Crippen MR) is 54.8 cm³/mol. The molecular weight excluding hydrogens is 162 g/mol. The number of ketones is 1. The molecule has 1 unspecified atom stereocenters. The summed E-state index contributed by atoms with van der Waals surface area (Å²) < 4.78 is 0. The Labute approximate surface area is 81.3 Å². The number of Topliss-reactive ketones (excluding diaryl/α,β-unsaturated/α-hetero) is 1. The third-order valence-corrected chi connectivity index (χ3v) is 2.85. The van der Waals surface area contributed by atoms with Gasteiger partial charge in [-0.3, -0.25) is 9.69 Å². The summed E-state index contributed by atoms with van der Waals surface area (Å²) in [6.07, 6.45) is 2.93. The summed E-state index contributed by atoms with van der Waals surface area (Å²) in [4.78, 5) is 13.9. The zero-order valence-corrected chi connectivity index (χ0v) is 9.26. The van der Waals surface area contributed by atoms with E-state index in [0.717, 1.165) is 25.8 Å². The Hall–Kier alpha value is -0.370. The fourth-order valence-corrected chi connectivity index (χ4v) is 2.29. The van der Waals surface area contributed by atoms with Gasteiger partial charge in [-0.15, -0.1) is 0 Å². The van der Waals surface area contributed by atoms with Gasteiger partial charge < -0.3 is 0 Å². The Kier molecular flexibility index (Phi) is 3.12. The summed E-state index contributed by atoms with van der Waals surface area (Å²) in [5, 5.41) is 0. The van der Waals surface area contributed by atoms with Crippen LogP contribution >= 0.6 is 0 Å². The lowest BCUT2D eigenvalue weighted by Gasteiger charge is -2.38. The fourth-order valence-electron chi connectivity index (χ4n) is 2.29. The average molecular weight is 183 g/mol. The Morgan fingerprint density at radius 3 is 2.38 bits per heavy atom. The van der Waals surface area contributed by atoms with Gasteiger partial charge >= 0.3 is 0 Å². The topological polar surface area (TPSA) is 20.3 Å². The fraction of sp³-hybridized carbons (Fsp3) is 0.909. The van der Waals surface area contributed by atoms with Crippen molar-refractivity contribution in [3.05, 3.63) is 0 Å². The van der Waals surface area contributed by atoms with Gasteiger partial charge in [0.1, 0.15) is 5.78 Å². The van der Waals surface area contributed by atoms with E-state index in [2.05, 4.69) is 32.6 Å². The summed E-state index contributed by atoms with van der Waals surface area (Å²) in [5.74, 6) is 0.441. The molecule has 1 saturated carbocycles. The molecule has 1 fully saturated rings. The molecule has 1 aliphatic carbocycles. The largest absolute Gasteiger partial charge is 0.298 e. The molecule has 0 radical (unpaired) electrons. The van der Waals surface area contributed by atoms with Crippen LogP contribution < -0.4 is 0 Å². The first-order valence-electron chi connectivity index (χ1n) is 5.26. The molecule has 1 rings (SSSR count). The van der Waals surface area contributed by atoms with E-state index < -0.39 is 0 Å². The highest BCUT2D eigenvalue weighted by Crippen LogP contribution is 2.26. The summed E-state index contributed by atoms with van der Waals surface area (Å²) in [6, 6.07) is 0.199. The molecule has 0 saturated heterocycles. The standard InChI is InChI=1S/C11H21NO/c1-5-12(11(2,3)4)9-7-6-8-10(9)13/h9H,5-8H2,1-4H3. The first kappa shape index (κ1) is 10.7. The minimum atomic E-state index is 0.124. The number of hydrogen-bond donors (Lipinski definition) is 0. The van der Waals surface area contributed by atoms with Crippen LogP contribution in [0.25, 0.3) is 0 Å². The summed E-state index contributed by atoms with van der Waals surface area (Å²) in [7, 11) is 0. The van der Waals surface area contributed by atoms with Crippen LogP contribution in [0.3, 0.4) is 0 Å². The zero-order valence-electron chi connectivity index (χ0n) is 9.26. The number of rotatable bonds is 2. The van der Waals surface area contributed by atoms with Gasteiger partial charge in [-0.25, -0.2) is 0 Å². The van der Waals surface area contributed by atoms with E-state index >= 15 is 0 Å². The minimum absolute atomic E-state index is 0.124. The van der Waals surface area contributed by atoms with E-state index in [4.69, 9.17) is 0 Å². The van der Waals surface area contributed by atoms with Crippen molar-refractivity contribution < 1.29 is 4.79 Å². The average Bonchev–Trinajstić information content (AvgIpc) is 2.35. The molecule has 0 bridgehead atoms. The van der Waals surface area contributed by atoms with Gasteiger partial charge in [0.2, 0.25) is 0 Å². The molecule has 0 aromatic heterocycles. The maximum absolute atomic E-state index is 11.6. The van der Waals surface area contributed by atoms with Gasteiger partial charge in [0.05, 0.1) is 6.04 Å². The molecular formula is C11H21NO. The maximum atomic E-state index is 11.6. The van der Waals surface area contributed by atoms with Crippen LogP contribution in [0.2, 0.25) is 0 Å². The third kappa shape index (κ3) is 2.31. The van der Waals surface area contributed by atoms with Crippen molar-refractivity contribution in [1.29, 1.82) is 0 Å². The summed E-state index contributed by atoms with van der Waals surface area (Å²) in [6.45, 7) is 9.66. The van der Waals surface area contributed by atoms with Gasteiger partial charge in [-0.1, -0.05) is 6.92 Å². The Morgan fingerprint density at radius 2 is 2.08 bits per heavy atom. The van der Waals surface area contributed by atoms with Gasteiger partial charge in [-0.2, -0.15) is 0 Å². The van der Waals surface area contributed by atoms with Gasteiger partial charge in [0.15, 0.2) is 0 Å². The van der Waals surface area contributed by atoms with Crippen LogP contribution in [0.4, 0.5) is 0 Å². The zero-order chi connectivity index (χ0) is 10.1. The van der Waals surface area contributed by atoms with Crippen molar-refractivity contribution in [2.45, 2.75) is 58.5 Å². The molecule has 1 atom stereocenters. The highest BCUT2D eigenvalue weighted by molar-refractivity contribution is 5.86. The molecule has 0 N–H and O–H groups in total. The van der Waals surface area contributed by atoms with Crippen molar-refractivity contribution in [1.82, 2.24) is 4.90 Å². The van der Waals surface area contributed by atoms with E-state index in [1.165, 1.54) is 0 Å². The lowest BCUT2D eigenvalue weighted by molar-refractivity contribution is -0.123. The number of carbonyl (C=O) groups excluding carboxylic acids is 1. The molecule has 0 spiro atoms. The van der Waals surface area contributed by atoms with E-state index in [9.17, 15) is 4.79 Å². The molecule has 2 heteroatoms.